The van der Waals surface area contributed by atoms with E-state index in [0.29, 0.717) is 30.0 Å². The maximum absolute atomic E-state index is 13.6. The first-order chi connectivity index (χ1) is 14.9. The summed E-state index contributed by atoms with van der Waals surface area (Å²) in [6.07, 6.45) is 1.35. The predicted octanol–water partition coefficient (Wildman–Crippen LogP) is 2.60. The fourth-order valence-corrected chi connectivity index (χ4v) is 3.86. The topological polar surface area (TPSA) is 108 Å². The van der Waals surface area contributed by atoms with Crippen molar-refractivity contribution in [3.63, 3.8) is 0 Å². The van der Waals surface area contributed by atoms with Crippen molar-refractivity contribution in [1.29, 1.82) is 5.26 Å². The molecule has 0 spiro atoms. The van der Waals surface area contributed by atoms with E-state index in [0.717, 1.165) is 37.3 Å². The number of aromatic nitrogens is 3. The zero-order valence-corrected chi connectivity index (χ0v) is 17.4. The first-order valence-electron chi connectivity index (χ1n) is 10.2. The van der Waals surface area contributed by atoms with E-state index < -0.39 is 11.6 Å². The van der Waals surface area contributed by atoms with E-state index in [4.69, 9.17) is 9.51 Å². The highest BCUT2D eigenvalue weighted by atomic mass is 19.1. The molecule has 0 saturated carbocycles. The van der Waals surface area contributed by atoms with Crippen LogP contribution >= 0.6 is 0 Å². The molecule has 2 aromatic heterocycles. The number of likely N-dealkylation sites (N-methyl/N-ethyl adjacent to an activating group) is 1. The molecule has 0 radical (unpaired) electrons. The number of nitriles is 1. The van der Waals surface area contributed by atoms with Crippen molar-refractivity contribution in [2.75, 3.05) is 13.1 Å². The van der Waals surface area contributed by atoms with Gasteiger partial charge in [0.05, 0.1) is 23.4 Å². The molecule has 0 aliphatic carbocycles. The lowest BCUT2D eigenvalue weighted by Gasteiger charge is -2.27. The van der Waals surface area contributed by atoms with Crippen LogP contribution in [0.15, 0.2) is 27.5 Å². The Bertz CT molecular complexity index is 1240. The van der Waals surface area contributed by atoms with Gasteiger partial charge < -0.3 is 9.63 Å². The summed E-state index contributed by atoms with van der Waals surface area (Å²) >= 11 is 0. The van der Waals surface area contributed by atoms with Crippen molar-refractivity contribution in [3.8, 4) is 23.1 Å². The Balaban J connectivity index is 1.71. The number of aromatic hydroxyl groups is 1. The Morgan fingerprint density at radius 3 is 2.84 bits per heavy atom. The minimum absolute atomic E-state index is 0.0134. The van der Waals surface area contributed by atoms with Gasteiger partial charge in [-0.1, -0.05) is 19.0 Å². The van der Waals surface area contributed by atoms with Crippen LogP contribution in [0.5, 0.6) is 5.75 Å². The Kier molecular flexibility index (Phi) is 5.57. The summed E-state index contributed by atoms with van der Waals surface area (Å²) in [7, 11) is 0. The highest BCUT2D eigenvalue weighted by Gasteiger charge is 2.23. The Morgan fingerprint density at radius 2 is 2.13 bits per heavy atom. The van der Waals surface area contributed by atoms with Crippen molar-refractivity contribution in [1.82, 2.24) is 19.6 Å². The third-order valence-electron chi connectivity index (χ3n) is 5.59. The smallest absolute Gasteiger partial charge is 0.258 e. The molecular formula is C22H22FN5O3. The Hall–Kier alpha value is -3.51. The van der Waals surface area contributed by atoms with E-state index in [1.807, 2.05) is 13.0 Å². The number of hydrogen-bond donors (Lipinski definition) is 1. The summed E-state index contributed by atoms with van der Waals surface area (Å²) < 4.78 is 20.5. The molecule has 0 amide bonds. The highest BCUT2D eigenvalue weighted by Crippen LogP contribution is 2.30. The van der Waals surface area contributed by atoms with Gasteiger partial charge in [0.15, 0.2) is 17.3 Å². The maximum Gasteiger partial charge on any atom is 0.258 e. The van der Waals surface area contributed by atoms with E-state index in [-0.39, 0.29) is 29.0 Å². The first kappa shape index (κ1) is 20.8. The van der Waals surface area contributed by atoms with Crippen LogP contribution in [-0.2, 0) is 25.9 Å². The number of aryl methyl sites for hydroxylation is 1. The van der Waals surface area contributed by atoms with Crippen LogP contribution in [0.3, 0.4) is 0 Å². The molecule has 1 aromatic carbocycles. The van der Waals surface area contributed by atoms with Gasteiger partial charge in [0.2, 0.25) is 0 Å². The number of rotatable bonds is 5. The van der Waals surface area contributed by atoms with Gasteiger partial charge in [-0.3, -0.25) is 14.3 Å². The standard InChI is InChI=1S/C22H22FN5O3/c1-3-21-25-18-5-6-27(4-2)12-16(18)22(30)28(21)11-14-8-20(31-26-14)15-9-19(29)17(23)7-13(15)10-24/h7-9,29H,3-6,11-12H2,1-2H3. The minimum Gasteiger partial charge on any atom is -0.505 e. The molecule has 3 aromatic rings. The predicted molar refractivity (Wildman–Crippen MR) is 110 cm³/mol. The second kappa shape index (κ2) is 8.32. The van der Waals surface area contributed by atoms with Gasteiger partial charge in [0, 0.05) is 37.6 Å². The molecule has 9 heteroatoms. The second-order valence-electron chi connectivity index (χ2n) is 7.46. The van der Waals surface area contributed by atoms with E-state index in [1.54, 1.807) is 10.6 Å². The summed E-state index contributed by atoms with van der Waals surface area (Å²) in [5.74, 6) is -0.595. The molecule has 160 valence electrons. The normalized spacial score (nSPS) is 13.7. The van der Waals surface area contributed by atoms with Gasteiger partial charge in [-0.15, -0.1) is 0 Å². The van der Waals surface area contributed by atoms with Crippen LogP contribution in [0.4, 0.5) is 4.39 Å². The number of hydrogen-bond acceptors (Lipinski definition) is 7. The van der Waals surface area contributed by atoms with Crippen LogP contribution in [-0.4, -0.2) is 37.8 Å². The summed E-state index contributed by atoms with van der Waals surface area (Å²) in [5, 5.41) is 23.0. The molecule has 0 atom stereocenters. The van der Waals surface area contributed by atoms with E-state index in [9.17, 15) is 19.6 Å². The average Bonchev–Trinajstić information content (AvgIpc) is 3.25. The molecule has 0 bridgehead atoms. The molecule has 4 rings (SSSR count). The number of nitrogens with zero attached hydrogens (tertiary/aromatic N) is 5. The van der Waals surface area contributed by atoms with E-state index in [1.165, 1.54) is 0 Å². The Morgan fingerprint density at radius 1 is 1.32 bits per heavy atom. The van der Waals surface area contributed by atoms with Gasteiger partial charge in [0.1, 0.15) is 17.6 Å². The second-order valence-corrected chi connectivity index (χ2v) is 7.46. The third-order valence-corrected chi connectivity index (χ3v) is 5.59. The van der Waals surface area contributed by atoms with Crippen LogP contribution in [0.1, 0.15) is 42.2 Å². The molecule has 1 N–H and O–H groups in total. The van der Waals surface area contributed by atoms with Gasteiger partial charge in [-0.05, 0) is 18.7 Å². The van der Waals surface area contributed by atoms with Crippen molar-refractivity contribution < 1.29 is 14.0 Å². The van der Waals surface area contributed by atoms with Gasteiger partial charge >= 0.3 is 0 Å². The van der Waals surface area contributed by atoms with Crippen molar-refractivity contribution in [2.24, 2.45) is 0 Å². The summed E-state index contributed by atoms with van der Waals surface area (Å²) in [6, 6.07) is 5.53. The van der Waals surface area contributed by atoms with Crippen LogP contribution in [0.25, 0.3) is 11.3 Å². The van der Waals surface area contributed by atoms with Crippen molar-refractivity contribution in [3.05, 3.63) is 62.7 Å². The molecular weight excluding hydrogens is 401 g/mol. The zero-order valence-electron chi connectivity index (χ0n) is 17.4. The first-order valence-corrected chi connectivity index (χ1v) is 10.2. The van der Waals surface area contributed by atoms with Crippen LogP contribution < -0.4 is 5.56 Å². The fraction of sp³-hybridized carbons (Fsp3) is 0.364. The minimum atomic E-state index is -0.888. The van der Waals surface area contributed by atoms with E-state index >= 15 is 0 Å². The molecule has 3 heterocycles. The number of phenolic OH excluding ortho intramolecular Hbond substituents is 1. The van der Waals surface area contributed by atoms with Crippen molar-refractivity contribution >= 4 is 0 Å². The lowest BCUT2D eigenvalue weighted by molar-refractivity contribution is 0.262. The summed E-state index contributed by atoms with van der Waals surface area (Å²) in [6.45, 7) is 6.50. The summed E-state index contributed by atoms with van der Waals surface area (Å²) in [4.78, 5) is 20.2. The number of phenols is 1. The molecule has 8 nitrogen and oxygen atoms in total. The van der Waals surface area contributed by atoms with Gasteiger partial charge in [-0.2, -0.15) is 5.26 Å². The van der Waals surface area contributed by atoms with Crippen molar-refractivity contribution in [2.45, 2.75) is 39.8 Å². The maximum atomic E-state index is 13.6. The molecule has 1 aliphatic rings. The zero-order chi connectivity index (χ0) is 22.1. The molecule has 0 unspecified atom stereocenters. The monoisotopic (exact) mass is 423 g/mol. The molecule has 0 fully saturated rings. The highest BCUT2D eigenvalue weighted by molar-refractivity contribution is 5.68. The summed E-state index contributed by atoms with van der Waals surface area (Å²) in [5.41, 5.74) is 2.20. The quantitative estimate of drug-likeness (QED) is 0.672. The van der Waals surface area contributed by atoms with E-state index in [2.05, 4.69) is 17.0 Å². The third kappa shape index (κ3) is 3.82. The molecule has 31 heavy (non-hydrogen) atoms. The van der Waals surface area contributed by atoms with Crippen LogP contribution in [0.2, 0.25) is 0 Å². The average molecular weight is 423 g/mol. The SMILES string of the molecule is CCc1nc2c(c(=O)n1Cc1cc(-c3cc(O)c(F)cc3C#N)on1)CN(CC)CC2. The molecule has 1 aliphatic heterocycles. The number of fused-ring (bicyclic) bond motifs is 1. The van der Waals surface area contributed by atoms with Gasteiger partial charge in [0.25, 0.3) is 5.56 Å². The fourth-order valence-electron chi connectivity index (χ4n) is 3.86. The lowest BCUT2D eigenvalue weighted by Crippen LogP contribution is -2.39. The largest absolute Gasteiger partial charge is 0.505 e. The van der Waals surface area contributed by atoms with Crippen LogP contribution in [0, 0.1) is 17.1 Å². The lowest BCUT2D eigenvalue weighted by atomic mass is 10.0. The van der Waals surface area contributed by atoms with Gasteiger partial charge in [-0.25, -0.2) is 9.37 Å². The molecule has 0 saturated heterocycles. The number of halogens is 1. The Labute approximate surface area is 178 Å². The number of benzene rings is 1.